The predicted octanol–water partition coefficient (Wildman–Crippen LogP) is 18.8. The molecule has 12 aromatic rings. The van der Waals surface area contributed by atoms with Gasteiger partial charge in [-0.25, -0.2) is 0 Å². The van der Waals surface area contributed by atoms with Crippen LogP contribution in [0, 0.1) is 0 Å². The summed E-state index contributed by atoms with van der Waals surface area (Å²) in [6, 6.07) is 101. The van der Waals surface area contributed by atoms with Crippen LogP contribution in [-0.2, 0) is 0 Å². The highest BCUT2D eigenvalue weighted by atomic mass is 15.1. The second-order valence-electron chi connectivity index (χ2n) is 17.3. The minimum absolute atomic E-state index is 1.09. The molecule has 0 aliphatic rings. The molecule has 12 aromatic carbocycles. The van der Waals surface area contributed by atoms with E-state index in [4.69, 9.17) is 0 Å². The molecule has 12 rings (SSSR count). The van der Waals surface area contributed by atoms with Crippen molar-refractivity contribution < 1.29 is 0 Å². The highest BCUT2D eigenvalue weighted by Gasteiger charge is 2.18. The molecule has 68 heavy (non-hydrogen) atoms. The minimum Gasteiger partial charge on any atom is -0.310 e. The molecule has 0 heterocycles. The Hall–Kier alpha value is -8.98. The van der Waals surface area contributed by atoms with Crippen LogP contribution in [-0.4, -0.2) is 0 Å². The minimum atomic E-state index is 1.09. The van der Waals surface area contributed by atoms with Crippen molar-refractivity contribution >= 4 is 66.4 Å². The van der Waals surface area contributed by atoms with Gasteiger partial charge >= 0.3 is 0 Å². The summed E-state index contributed by atoms with van der Waals surface area (Å²) in [7, 11) is 0. The number of hydrogen-bond acceptors (Lipinski definition) is 2. The van der Waals surface area contributed by atoms with Crippen LogP contribution in [0.25, 0.3) is 76.8 Å². The molecule has 0 unspecified atom stereocenters. The molecule has 0 aromatic heterocycles. The number of hydrogen-bond donors (Lipinski definition) is 0. The van der Waals surface area contributed by atoms with Gasteiger partial charge in [0, 0.05) is 33.5 Å². The summed E-state index contributed by atoms with van der Waals surface area (Å²) in [5.41, 5.74) is 16.2. The molecule has 0 saturated heterocycles. The van der Waals surface area contributed by atoms with Gasteiger partial charge in [-0.2, -0.15) is 0 Å². The Morgan fingerprint density at radius 2 is 0.500 bits per heavy atom. The number of rotatable bonds is 10. The van der Waals surface area contributed by atoms with Gasteiger partial charge in [0.2, 0.25) is 0 Å². The first-order valence-corrected chi connectivity index (χ1v) is 23.3. The monoisotopic (exact) mass is 866 g/mol. The summed E-state index contributed by atoms with van der Waals surface area (Å²) >= 11 is 0. The van der Waals surface area contributed by atoms with Crippen LogP contribution >= 0.6 is 0 Å². The van der Waals surface area contributed by atoms with Gasteiger partial charge in [-0.15, -0.1) is 0 Å². The Kier molecular flexibility index (Phi) is 10.6. The molecule has 0 atom stereocenters. The quantitative estimate of drug-likeness (QED) is 0.135. The van der Waals surface area contributed by atoms with Crippen molar-refractivity contribution in [2.75, 3.05) is 9.80 Å². The highest BCUT2D eigenvalue weighted by molar-refractivity contribution is 6.01. The van der Waals surface area contributed by atoms with Crippen molar-refractivity contribution in [2.45, 2.75) is 0 Å². The molecule has 320 valence electrons. The molecule has 2 heteroatoms. The average Bonchev–Trinajstić information content (AvgIpc) is 3.42. The molecule has 0 radical (unpaired) electrons. The number of nitrogens with zero attached hydrogens (tertiary/aromatic N) is 2. The van der Waals surface area contributed by atoms with Gasteiger partial charge in [-0.05, 0) is 133 Å². The van der Waals surface area contributed by atoms with Gasteiger partial charge in [0.25, 0.3) is 0 Å². The van der Waals surface area contributed by atoms with E-state index in [0.717, 1.165) is 45.3 Å². The normalized spacial score (nSPS) is 11.2. The van der Waals surface area contributed by atoms with Crippen LogP contribution in [0.4, 0.5) is 34.1 Å². The van der Waals surface area contributed by atoms with E-state index in [0.29, 0.717) is 0 Å². The van der Waals surface area contributed by atoms with Crippen LogP contribution in [0.15, 0.2) is 279 Å². The second kappa shape index (κ2) is 17.8. The van der Waals surface area contributed by atoms with Crippen LogP contribution in [0.3, 0.4) is 0 Å². The lowest BCUT2D eigenvalue weighted by atomic mass is 9.98. The van der Waals surface area contributed by atoms with E-state index in [2.05, 4.69) is 289 Å². The first kappa shape index (κ1) is 40.5. The average molecular weight is 867 g/mol. The smallest absolute Gasteiger partial charge is 0.0540 e. The summed E-state index contributed by atoms with van der Waals surface area (Å²) in [5, 5.41) is 7.33. The number of benzene rings is 12. The zero-order valence-corrected chi connectivity index (χ0v) is 37.5. The lowest BCUT2D eigenvalue weighted by Gasteiger charge is -2.28. The predicted molar refractivity (Wildman–Crippen MR) is 290 cm³/mol. The molecule has 0 bridgehead atoms. The Morgan fingerprint density at radius 3 is 0.971 bits per heavy atom. The van der Waals surface area contributed by atoms with E-state index >= 15 is 0 Å². The largest absolute Gasteiger partial charge is 0.310 e. The SMILES string of the molecule is c1ccc(-c2cccc(-c3ccc(N(c4ccc(-c5ccc(N(c6ccc(-c7cccc8ccccc78)cc6)c6cccc7ccccc67)cc5)cc4)c4cccc5ccccc45)cc3)c2)cc1. The van der Waals surface area contributed by atoms with Gasteiger partial charge in [0.05, 0.1) is 11.4 Å². The maximum Gasteiger partial charge on any atom is 0.0540 e. The van der Waals surface area contributed by atoms with Crippen molar-refractivity contribution in [3.8, 4) is 44.5 Å². The third-order valence-electron chi connectivity index (χ3n) is 13.3. The standard InChI is InChI=1S/C66H46N2/c1-2-14-47(15-3-1)55-22-10-23-56(46-55)50-34-42-59(43-35-50)67(65-28-12-20-52-17-5-8-25-63(52)65)57-38-30-48(31-39-57)49-32-40-58(41-33-49)68(66-29-13-21-53-18-6-9-26-64(53)66)60-44-36-54(37-45-60)62-27-11-19-51-16-4-7-24-61(51)62/h1-46H. The van der Waals surface area contributed by atoms with Crippen molar-refractivity contribution in [3.63, 3.8) is 0 Å². The second-order valence-corrected chi connectivity index (χ2v) is 17.3. The first-order valence-electron chi connectivity index (χ1n) is 23.3. The Morgan fingerprint density at radius 1 is 0.191 bits per heavy atom. The number of anilines is 6. The van der Waals surface area contributed by atoms with Crippen molar-refractivity contribution in [3.05, 3.63) is 279 Å². The van der Waals surface area contributed by atoms with Crippen LogP contribution in [0.2, 0.25) is 0 Å². The molecule has 0 saturated carbocycles. The fourth-order valence-corrected chi connectivity index (χ4v) is 9.85. The highest BCUT2D eigenvalue weighted by Crippen LogP contribution is 2.43. The summed E-state index contributed by atoms with van der Waals surface area (Å²) in [6.07, 6.45) is 0. The third kappa shape index (κ3) is 7.74. The topological polar surface area (TPSA) is 6.48 Å². The van der Waals surface area contributed by atoms with E-state index in [-0.39, 0.29) is 0 Å². The van der Waals surface area contributed by atoms with Crippen molar-refractivity contribution in [1.29, 1.82) is 0 Å². The van der Waals surface area contributed by atoms with Crippen LogP contribution in [0.1, 0.15) is 0 Å². The van der Waals surface area contributed by atoms with E-state index in [1.54, 1.807) is 0 Å². The van der Waals surface area contributed by atoms with Gasteiger partial charge < -0.3 is 9.80 Å². The fourth-order valence-electron chi connectivity index (χ4n) is 9.85. The van der Waals surface area contributed by atoms with Crippen LogP contribution < -0.4 is 9.80 Å². The van der Waals surface area contributed by atoms with Crippen molar-refractivity contribution in [2.24, 2.45) is 0 Å². The van der Waals surface area contributed by atoms with E-state index < -0.39 is 0 Å². The number of fused-ring (bicyclic) bond motifs is 3. The summed E-state index contributed by atoms with van der Waals surface area (Å²) < 4.78 is 0. The Labute approximate surface area is 397 Å². The lowest BCUT2D eigenvalue weighted by Crippen LogP contribution is -2.10. The zero-order chi connectivity index (χ0) is 45.2. The Balaban J connectivity index is 0.882. The maximum absolute atomic E-state index is 2.38. The summed E-state index contributed by atoms with van der Waals surface area (Å²) in [4.78, 5) is 4.77. The molecule has 2 nitrogen and oxygen atoms in total. The molecular formula is C66H46N2. The van der Waals surface area contributed by atoms with E-state index in [9.17, 15) is 0 Å². The molecule has 0 amide bonds. The molecule has 0 aliphatic heterocycles. The maximum atomic E-state index is 2.38. The van der Waals surface area contributed by atoms with Gasteiger partial charge in [-0.1, -0.05) is 212 Å². The molecule has 0 spiro atoms. The van der Waals surface area contributed by atoms with Crippen molar-refractivity contribution in [1.82, 2.24) is 0 Å². The van der Waals surface area contributed by atoms with E-state index in [1.165, 1.54) is 65.7 Å². The summed E-state index contributed by atoms with van der Waals surface area (Å²) in [6.45, 7) is 0. The van der Waals surface area contributed by atoms with Gasteiger partial charge in [-0.3, -0.25) is 0 Å². The zero-order valence-electron chi connectivity index (χ0n) is 37.5. The van der Waals surface area contributed by atoms with E-state index in [1.807, 2.05) is 0 Å². The first-order chi connectivity index (χ1) is 33.7. The third-order valence-corrected chi connectivity index (χ3v) is 13.3. The van der Waals surface area contributed by atoms with Gasteiger partial charge in [0.1, 0.15) is 0 Å². The lowest BCUT2D eigenvalue weighted by molar-refractivity contribution is 1.29. The fraction of sp³-hybridized carbons (Fsp3) is 0. The molecule has 0 aliphatic carbocycles. The van der Waals surface area contributed by atoms with Crippen LogP contribution in [0.5, 0.6) is 0 Å². The van der Waals surface area contributed by atoms with Gasteiger partial charge in [0.15, 0.2) is 0 Å². The Bertz CT molecular complexity index is 3690. The summed E-state index contributed by atoms with van der Waals surface area (Å²) in [5.74, 6) is 0. The molecule has 0 N–H and O–H groups in total. The molecular weight excluding hydrogens is 821 g/mol. The molecule has 0 fully saturated rings.